The van der Waals surface area contributed by atoms with Gasteiger partial charge in [0, 0.05) is 0 Å². The van der Waals surface area contributed by atoms with Crippen molar-refractivity contribution in [1.82, 2.24) is 15.2 Å². The third-order valence-corrected chi connectivity index (χ3v) is 2.09. The van der Waals surface area contributed by atoms with Crippen LogP contribution in [0.2, 0.25) is 0 Å². The van der Waals surface area contributed by atoms with Crippen molar-refractivity contribution in [3.63, 3.8) is 0 Å². The zero-order chi connectivity index (χ0) is 11.8. The van der Waals surface area contributed by atoms with E-state index in [1.165, 1.54) is 6.07 Å². The molecule has 1 aromatic carbocycles. The minimum atomic E-state index is -4.83. The maximum atomic E-state index is 11.6. The summed E-state index contributed by atoms with van der Waals surface area (Å²) in [5.41, 5.74) is -0.466. The average Bonchev–Trinajstić information content (AvgIpc) is 2.21. The molecular weight excluding hydrogens is 237 g/mol. The van der Waals surface area contributed by atoms with Crippen molar-refractivity contribution in [3.8, 4) is 0 Å². The molecule has 0 amide bonds. The molecule has 84 valence electrons. The number of fused-ring (bicyclic) bond motifs is 1. The largest absolute Gasteiger partial charge is 0.545 e. The Morgan fingerprint density at radius 1 is 1.31 bits per heavy atom. The monoisotopic (exact) mass is 243 g/mol. The summed E-state index contributed by atoms with van der Waals surface area (Å²) in [6.45, 7) is 0. The van der Waals surface area contributed by atoms with E-state index in [9.17, 15) is 9.36 Å². The number of nitrogens with zero attached hydrogens (tertiary/aromatic N) is 3. The Hall–Kier alpha value is -1.76. The molecule has 2 rings (SSSR count). The van der Waals surface area contributed by atoms with Crippen LogP contribution in [0.5, 0.6) is 0 Å². The van der Waals surface area contributed by atoms with Gasteiger partial charge in [-0.05, 0) is 22.2 Å². The molecule has 0 radical (unpaired) electrons. The van der Waals surface area contributed by atoms with E-state index in [1.807, 2.05) is 0 Å². The number of benzene rings is 1. The van der Waals surface area contributed by atoms with Crippen molar-refractivity contribution in [2.75, 3.05) is 0 Å². The van der Waals surface area contributed by atoms with E-state index in [1.54, 1.807) is 18.2 Å². The minimum absolute atomic E-state index is 0.158. The quantitative estimate of drug-likeness (QED) is 0.671. The second kappa shape index (κ2) is 3.67. The molecular formula is C7H6N3O5P. The molecule has 0 bridgehead atoms. The first-order valence-electron chi connectivity index (χ1n) is 4.08. The molecule has 2 aromatic rings. The third kappa shape index (κ3) is 2.08. The summed E-state index contributed by atoms with van der Waals surface area (Å²) in [6, 6.07) is 6.25. The molecule has 0 saturated carbocycles. The Morgan fingerprint density at radius 2 is 2.00 bits per heavy atom. The van der Waals surface area contributed by atoms with E-state index < -0.39 is 13.4 Å². The van der Waals surface area contributed by atoms with Crippen LogP contribution in [0.15, 0.2) is 29.1 Å². The number of hydrogen-bond donors (Lipinski definition) is 2. The lowest BCUT2D eigenvalue weighted by Crippen LogP contribution is -2.29. The normalized spacial score (nSPS) is 11.6. The molecule has 9 heteroatoms. The van der Waals surface area contributed by atoms with E-state index in [-0.39, 0.29) is 10.2 Å². The van der Waals surface area contributed by atoms with Crippen LogP contribution in [0.1, 0.15) is 0 Å². The van der Waals surface area contributed by atoms with Crippen LogP contribution in [0.3, 0.4) is 0 Å². The van der Waals surface area contributed by atoms with Crippen molar-refractivity contribution in [3.05, 3.63) is 34.6 Å². The summed E-state index contributed by atoms with van der Waals surface area (Å²) in [5, 5.41) is 6.96. The molecule has 0 saturated heterocycles. The lowest BCUT2D eigenvalue weighted by Gasteiger charge is -2.05. The van der Waals surface area contributed by atoms with E-state index in [0.29, 0.717) is 5.52 Å². The topological polar surface area (TPSA) is 115 Å². The number of aromatic nitrogens is 3. The van der Waals surface area contributed by atoms with Gasteiger partial charge in [-0.3, -0.25) is 19.2 Å². The van der Waals surface area contributed by atoms with Crippen LogP contribution < -0.4 is 10.2 Å². The van der Waals surface area contributed by atoms with Gasteiger partial charge in [-0.25, -0.2) is 4.57 Å². The van der Waals surface area contributed by atoms with Gasteiger partial charge < -0.3 is 0 Å². The third-order valence-electron chi connectivity index (χ3n) is 1.73. The average molecular weight is 243 g/mol. The molecule has 0 aliphatic rings. The maximum Gasteiger partial charge on any atom is 0.545 e. The summed E-state index contributed by atoms with van der Waals surface area (Å²) in [5.74, 6) is 0. The van der Waals surface area contributed by atoms with Gasteiger partial charge in [-0.1, -0.05) is 12.1 Å². The minimum Gasteiger partial charge on any atom is -0.292 e. The number of phosphoric acid groups is 1. The van der Waals surface area contributed by atoms with Gasteiger partial charge >= 0.3 is 13.4 Å². The highest BCUT2D eigenvalue weighted by Gasteiger charge is 2.19. The van der Waals surface area contributed by atoms with Crippen LogP contribution in [0.4, 0.5) is 0 Å². The summed E-state index contributed by atoms with van der Waals surface area (Å²) < 4.78 is 14.6. The van der Waals surface area contributed by atoms with Gasteiger partial charge in [-0.15, -0.1) is 5.10 Å². The maximum absolute atomic E-state index is 11.6. The van der Waals surface area contributed by atoms with Crippen LogP contribution in [-0.4, -0.2) is 24.9 Å². The van der Waals surface area contributed by atoms with Crippen molar-refractivity contribution in [1.29, 1.82) is 0 Å². The van der Waals surface area contributed by atoms with Crippen molar-refractivity contribution < 1.29 is 19.0 Å². The van der Waals surface area contributed by atoms with Gasteiger partial charge in [0.15, 0.2) is 0 Å². The van der Waals surface area contributed by atoms with Crippen molar-refractivity contribution in [2.24, 2.45) is 0 Å². The van der Waals surface area contributed by atoms with Gasteiger partial charge in [0.1, 0.15) is 5.52 Å². The smallest absolute Gasteiger partial charge is 0.292 e. The Morgan fingerprint density at radius 3 is 2.69 bits per heavy atom. The molecule has 0 unspecified atom stereocenters. The Bertz CT molecular complexity index is 633. The molecule has 0 atom stereocenters. The molecule has 0 aliphatic carbocycles. The molecule has 0 spiro atoms. The highest BCUT2D eigenvalue weighted by molar-refractivity contribution is 7.46. The molecule has 2 N–H and O–H groups in total. The predicted molar refractivity (Wildman–Crippen MR) is 52.4 cm³/mol. The number of hydrogen-bond acceptors (Lipinski definition) is 5. The SMILES string of the molecule is O=c1c2ccccc2nnn1OP(=O)(O)O. The van der Waals surface area contributed by atoms with E-state index in [4.69, 9.17) is 9.79 Å². The van der Waals surface area contributed by atoms with Crippen LogP contribution in [-0.2, 0) is 4.57 Å². The first kappa shape index (κ1) is 10.7. The van der Waals surface area contributed by atoms with Gasteiger partial charge in [0.25, 0.3) is 0 Å². The molecule has 0 fully saturated rings. The fourth-order valence-corrected chi connectivity index (χ4v) is 1.44. The molecule has 16 heavy (non-hydrogen) atoms. The summed E-state index contributed by atoms with van der Waals surface area (Å²) in [6.07, 6.45) is 0. The Balaban J connectivity index is 2.62. The summed E-state index contributed by atoms with van der Waals surface area (Å²) in [7, 11) is -4.83. The fraction of sp³-hybridized carbons (Fsp3) is 0. The van der Waals surface area contributed by atoms with E-state index >= 15 is 0 Å². The lowest BCUT2D eigenvalue weighted by molar-refractivity contribution is 0.140. The van der Waals surface area contributed by atoms with Crippen molar-refractivity contribution in [2.45, 2.75) is 0 Å². The summed E-state index contributed by atoms with van der Waals surface area (Å²) >= 11 is 0. The first-order chi connectivity index (χ1) is 7.47. The predicted octanol–water partition coefficient (Wildman–Crippen LogP) is -0.687. The van der Waals surface area contributed by atoms with E-state index in [2.05, 4.69) is 14.9 Å². The van der Waals surface area contributed by atoms with Crippen LogP contribution in [0, 0.1) is 0 Å². The molecule has 1 heterocycles. The second-order valence-corrected chi connectivity index (χ2v) is 4.00. The number of rotatable bonds is 2. The fourth-order valence-electron chi connectivity index (χ4n) is 1.13. The Labute approximate surface area is 88.3 Å². The van der Waals surface area contributed by atoms with Gasteiger partial charge in [0.05, 0.1) is 5.39 Å². The van der Waals surface area contributed by atoms with Crippen LogP contribution in [0.25, 0.3) is 10.9 Å². The molecule has 8 nitrogen and oxygen atoms in total. The highest BCUT2D eigenvalue weighted by atomic mass is 31.2. The molecule has 0 aliphatic heterocycles. The standard InChI is InChI=1S/C7H6N3O5P/c11-7-5-3-1-2-4-6(5)8-9-10(7)15-16(12,13)14/h1-4H,(H2,12,13,14). The Kier molecular flexibility index (Phi) is 2.47. The van der Waals surface area contributed by atoms with E-state index in [0.717, 1.165) is 0 Å². The summed E-state index contributed by atoms with van der Waals surface area (Å²) in [4.78, 5) is 28.8. The zero-order valence-corrected chi connectivity index (χ0v) is 8.61. The van der Waals surface area contributed by atoms with Crippen LogP contribution >= 0.6 is 7.82 Å². The molecule has 1 aromatic heterocycles. The van der Waals surface area contributed by atoms with Crippen molar-refractivity contribution >= 4 is 18.7 Å². The zero-order valence-electron chi connectivity index (χ0n) is 7.72. The lowest BCUT2D eigenvalue weighted by atomic mass is 10.2. The second-order valence-electron chi connectivity index (χ2n) is 2.86. The first-order valence-corrected chi connectivity index (χ1v) is 5.61. The highest BCUT2D eigenvalue weighted by Crippen LogP contribution is 2.30. The van der Waals surface area contributed by atoms with Gasteiger partial charge in [0.2, 0.25) is 0 Å². The van der Waals surface area contributed by atoms with Gasteiger partial charge in [-0.2, -0.15) is 0 Å².